The van der Waals surface area contributed by atoms with Gasteiger partial charge in [-0.1, -0.05) is 6.07 Å². The molecule has 1 heterocycles. The lowest BCUT2D eigenvalue weighted by molar-refractivity contribution is -0.115. The van der Waals surface area contributed by atoms with Crippen molar-refractivity contribution in [1.82, 2.24) is 0 Å². The Balaban J connectivity index is 1.67. The van der Waals surface area contributed by atoms with Crippen LogP contribution in [0.25, 0.3) is 0 Å². The van der Waals surface area contributed by atoms with Gasteiger partial charge in [0, 0.05) is 23.6 Å². The van der Waals surface area contributed by atoms with E-state index in [1.165, 1.54) is 17.7 Å². The number of nitrogens with zero attached hydrogens (tertiary/aromatic N) is 1. The highest BCUT2D eigenvalue weighted by Crippen LogP contribution is 2.29. The van der Waals surface area contributed by atoms with E-state index in [1.807, 2.05) is 23.1 Å². The molecule has 108 valence electrons. The predicted molar refractivity (Wildman–Crippen MR) is 81.8 cm³/mol. The minimum Gasteiger partial charge on any atom is -0.399 e. The zero-order chi connectivity index (χ0) is 14.8. The van der Waals surface area contributed by atoms with E-state index in [-0.39, 0.29) is 18.3 Å². The van der Waals surface area contributed by atoms with Crippen LogP contribution >= 0.6 is 0 Å². The predicted octanol–water partition coefficient (Wildman–Crippen LogP) is 2.41. The first kappa shape index (κ1) is 13.4. The molecule has 1 aliphatic heterocycles. The van der Waals surface area contributed by atoms with Crippen molar-refractivity contribution in [3.8, 4) is 0 Å². The highest BCUT2D eigenvalue weighted by molar-refractivity contribution is 5.94. The molecule has 1 aliphatic rings. The molecule has 0 unspecified atom stereocenters. The van der Waals surface area contributed by atoms with E-state index in [4.69, 9.17) is 5.73 Å². The van der Waals surface area contributed by atoms with Gasteiger partial charge < -0.3 is 16.0 Å². The zero-order valence-electron chi connectivity index (χ0n) is 11.5. The number of hydrogen-bond donors (Lipinski definition) is 2. The van der Waals surface area contributed by atoms with Crippen LogP contribution in [0.5, 0.6) is 0 Å². The minimum atomic E-state index is -0.322. The van der Waals surface area contributed by atoms with E-state index in [9.17, 15) is 9.18 Å². The number of anilines is 3. The summed E-state index contributed by atoms with van der Waals surface area (Å²) < 4.78 is 12.8. The van der Waals surface area contributed by atoms with E-state index >= 15 is 0 Å². The second kappa shape index (κ2) is 5.44. The van der Waals surface area contributed by atoms with Gasteiger partial charge in [-0.2, -0.15) is 0 Å². The maximum atomic E-state index is 12.8. The highest BCUT2D eigenvalue weighted by Gasteiger charge is 2.21. The third-order valence-corrected chi connectivity index (χ3v) is 3.56. The van der Waals surface area contributed by atoms with E-state index in [1.54, 1.807) is 12.1 Å². The molecule has 0 spiro atoms. The number of benzene rings is 2. The van der Waals surface area contributed by atoms with Crippen LogP contribution in [0.4, 0.5) is 21.5 Å². The normalized spacial score (nSPS) is 13.1. The van der Waals surface area contributed by atoms with E-state index < -0.39 is 0 Å². The number of nitrogens with one attached hydrogen (secondary N) is 1. The number of nitrogens with two attached hydrogens (primary N) is 1. The first-order valence-corrected chi connectivity index (χ1v) is 6.80. The molecule has 5 heteroatoms. The van der Waals surface area contributed by atoms with Crippen LogP contribution < -0.4 is 16.0 Å². The second-order valence-electron chi connectivity index (χ2n) is 5.11. The SMILES string of the molecule is Nc1ccc2c(c1)N(CC(=O)Nc1ccc(F)cc1)CC2. The van der Waals surface area contributed by atoms with Crippen molar-refractivity contribution in [3.63, 3.8) is 0 Å². The molecule has 3 N–H and O–H groups in total. The van der Waals surface area contributed by atoms with Gasteiger partial charge in [0.05, 0.1) is 6.54 Å². The van der Waals surface area contributed by atoms with E-state index in [0.717, 1.165) is 18.7 Å². The Bertz CT molecular complexity index is 670. The number of amides is 1. The summed E-state index contributed by atoms with van der Waals surface area (Å²) in [5.41, 5.74) is 9.31. The quantitative estimate of drug-likeness (QED) is 0.851. The molecule has 21 heavy (non-hydrogen) atoms. The molecule has 0 bridgehead atoms. The van der Waals surface area contributed by atoms with E-state index in [0.29, 0.717) is 11.4 Å². The third-order valence-electron chi connectivity index (χ3n) is 3.56. The molecule has 0 saturated heterocycles. The largest absolute Gasteiger partial charge is 0.399 e. The molecule has 2 aromatic rings. The van der Waals surface area contributed by atoms with Crippen LogP contribution in [0, 0.1) is 5.82 Å². The summed E-state index contributed by atoms with van der Waals surface area (Å²) >= 11 is 0. The number of carbonyl (C=O) groups is 1. The van der Waals surface area contributed by atoms with Gasteiger partial charge in [0.15, 0.2) is 0 Å². The molecule has 1 amide bonds. The monoisotopic (exact) mass is 285 g/mol. The van der Waals surface area contributed by atoms with Gasteiger partial charge in [0.2, 0.25) is 5.91 Å². The summed E-state index contributed by atoms with van der Waals surface area (Å²) in [6.07, 6.45) is 0.916. The standard InChI is InChI=1S/C16H16FN3O/c17-12-2-5-14(6-3-12)19-16(21)10-20-8-7-11-1-4-13(18)9-15(11)20/h1-6,9H,7-8,10,18H2,(H,19,21). The number of nitrogen functional groups attached to an aromatic ring is 1. The number of fused-ring (bicyclic) bond motifs is 1. The topological polar surface area (TPSA) is 58.4 Å². The maximum Gasteiger partial charge on any atom is 0.243 e. The molecule has 3 rings (SSSR count). The van der Waals surface area contributed by atoms with Gasteiger partial charge in [-0.05, 0) is 48.4 Å². The van der Waals surface area contributed by atoms with Crippen LogP contribution in [0.15, 0.2) is 42.5 Å². The second-order valence-corrected chi connectivity index (χ2v) is 5.11. The molecule has 0 aromatic heterocycles. The molecule has 2 aromatic carbocycles. The number of rotatable bonds is 3. The Morgan fingerprint density at radius 2 is 2.00 bits per heavy atom. The van der Waals surface area contributed by atoms with Gasteiger partial charge in [-0.3, -0.25) is 4.79 Å². The van der Waals surface area contributed by atoms with Crippen molar-refractivity contribution in [1.29, 1.82) is 0 Å². The molecule has 0 fully saturated rings. The van der Waals surface area contributed by atoms with Gasteiger partial charge in [0.25, 0.3) is 0 Å². The summed E-state index contributed by atoms with van der Waals surface area (Å²) in [7, 11) is 0. The highest BCUT2D eigenvalue weighted by atomic mass is 19.1. The van der Waals surface area contributed by atoms with Crippen molar-refractivity contribution in [2.45, 2.75) is 6.42 Å². The molecule has 0 aliphatic carbocycles. The summed E-state index contributed by atoms with van der Waals surface area (Å²) in [6.45, 7) is 1.06. The fraction of sp³-hybridized carbons (Fsp3) is 0.188. The molecule has 0 radical (unpaired) electrons. The molecule has 0 saturated carbocycles. The zero-order valence-corrected chi connectivity index (χ0v) is 11.5. The lowest BCUT2D eigenvalue weighted by atomic mass is 10.1. The van der Waals surface area contributed by atoms with Gasteiger partial charge in [-0.15, -0.1) is 0 Å². The average molecular weight is 285 g/mol. The first-order valence-electron chi connectivity index (χ1n) is 6.80. The van der Waals surface area contributed by atoms with Crippen molar-refractivity contribution in [2.75, 3.05) is 29.0 Å². The van der Waals surface area contributed by atoms with Crippen molar-refractivity contribution in [2.24, 2.45) is 0 Å². The number of halogens is 1. The molecular formula is C16H16FN3O. The Morgan fingerprint density at radius 1 is 1.24 bits per heavy atom. The fourth-order valence-electron chi connectivity index (χ4n) is 2.53. The Morgan fingerprint density at radius 3 is 2.76 bits per heavy atom. The fourth-order valence-corrected chi connectivity index (χ4v) is 2.53. The maximum absolute atomic E-state index is 12.8. The summed E-state index contributed by atoms with van der Waals surface area (Å²) in [4.78, 5) is 14.1. The lowest BCUT2D eigenvalue weighted by Gasteiger charge is -2.19. The lowest BCUT2D eigenvalue weighted by Crippen LogP contribution is -2.31. The number of carbonyl (C=O) groups excluding carboxylic acids is 1. The first-order chi connectivity index (χ1) is 10.1. The van der Waals surface area contributed by atoms with Crippen molar-refractivity contribution in [3.05, 3.63) is 53.8 Å². The van der Waals surface area contributed by atoms with Gasteiger partial charge >= 0.3 is 0 Å². The van der Waals surface area contributed by atoms with Crippen molar-refractivity contribution < 1.29 is 9.18 Å². The third kappa shape index (κ3) is 2.97. The Hall–Kier alpha value is -2.56. The molecular weight excluding hydrogens is 269 g/mol. The van der Waals surface area contributed by atoms with Crippen LogP contribution in [0.2, 0.25) is 0 Å². The Kier molecular flexibility index (Phi) is 3.48. The smallest absolute Gasteiger partial charge is 0.243 e. The molecule has 4 nitrogen and oxygen atoms in total. The Labute approximate surface area is 122 Å². The molecule has 0 atom stereocenters. The van der Waals surface area contributed by atoms with Crippen molar-refractivity contribution >= 4 is 23.0 Å². The minimum absolute atomic E-state index is 0.128. The van der Waals surface area contributed by atoms with Gasteiger partial charge in [0.1, 0.15) is 5.82 Å². The van der Waals surface area contributed by atoms with Crippen LogP contribution in [-0.2, 0) is 11.2 Å². The van der Waals surface area contributed by atoms with Crippen LogP contribution in [0.3, 0.4) is 0 Å². The van der Waals surface area contributed by atoms with E-state index in [2.05, 4.69) is 5.32 Å². The summed E-state index contributed by atoms with van der Waals surface area (Å²) in [5.74, 6) is -0.450. The average Bonchev–Trinajstić information content (AvgIpc) is 2.84. The summed E-state index contributed by atoms with van der Waals surface area (Å²) in [6, 6.07) is 11.5. The van der Waals surface area contributed by atoms with Gasteiger partial charge in [-0.25, -0.2) is 4.39 Å². The van der Waals surface area contributed by atoms with Crippen LogP contribution in [0.1, 0.15) is 5.56 Å². The number of hydrogen-bond acceptors (Lipinski definition) is 3. The summed E-state index contributed by atoms with van der Waals surface area (Å²) in [5, 5.41) is 2.76. The van der Waals surface area contributed by atoms with Crippen LogP contribution in [-0.4, -0.2) is 19.0 Å².